The van der Waals surface area contributed by atoms with E-state index in [0.717, 1.165) is 38.8 Å². The molecule has 0 aromatic carbocycles. The van der Waals surface area contributed by atoms with E-state index in [4.69, 9.17) is 5.11 Å². The van der Waals surface area contributed by atoms with E-state index in [9.17, 15) is 18.9 Å². The van der Waals surface area contributed by atoms with Gasteiger partial charge in [0.25, 0.3) is 0 Å². The molecule has 392 valence electrons. The maximum atomic E-state index is 14.2. The standard InChI is InChI=1S/C55H112N5O5P/c1-5-9-13-17-21-25-31-43-59(44-32-26-22-18-14-10-6-2)47-35-29-40-56-53(62)37-50-66(65,52-39-55(64)58-42-49-61)51-38-54(63)57-41-30-36-48-60(45-33-27-23-19-15-11-7-3)46-34-28-24-20-16-12-8-4/h61H,5-52H2,1-4H3,(H,56,62)(H,57,63)(H,58,64). The van der Waals surface area contributed by atoms with E-state index in [1.807, 2.05) is 0 Å². The molecule has 0 bridgehead atoms. The summed E-state index contributed by atoms with van der Waals surface area (Å²) in [5.41, 5.74) is 0. The number of nitrogens with one attached hydrogen (secondary N) is 3. The molecular weight excluding hydrogens is 842 g/mol. The van der Waals surface area contributed by atoms with Crippen LogP contribution in [0.5, 0.6) is 0 Å². The van der Waals surface area contributed by atoms with Gasteiger partial charge in [0.05, 0.1) is 13.7 Å². The van der Waals surface area contributed by atoms with E-state index in [1.54, 1.807) is 0 Å². The van der Waals surface area contributed by atoms with Crippen molar-refractivity contribution in [2.24, 2.45) is 0 Å². The predicted octanol–water partition coefficient (Wildman–Crippen LogP) is 13.0. The summed E-state index contributed by atoms with van der Waals surface area (Å²) in [5, 5.41) is 17.9. The maximum absolute atomic E-state index is 14.2. The Hall–Kier alpha value is -1.48. The van der Waals surface area contributed by atoms with Crippen LogP contribution >= 0.6 is 7.14 Å². The topological polar surface area (TPSA) is 131 Å². The van der Waals surface area contributed by atoms with Gasteiger partial charge in [-0.2, -0.15) is 0 Å². The van der Waals surface area contributed by atoms with Gasteiger partial charge in [0.15, 0.2) is 0 Å². The minimum absolute atomic E-state index is 0.0585. The fourth-order valence-corrected chi connectivity index (χ4v) is 11.4. The average Bonchev–Trinajstić information content (AvgIpc) is 3.31. The Morgan fingerprint density at radius 2 is 0.576 bits per heavy atom. The number of rotatable bonds is 53. The highest BCUT2D eigenvalue weighted by Gasteiger charge is 2.25. The second-order valence-corrected chi connectivity index (χ2v) is 23.3. The third-order valence-corrected chi connectivity index (χ3v) is 16.5. The molecule has 0 aliphatic carbocycles. The molecule has 4 N–H and O–H groups in total. The molecule has 0 aromatic heterocycles. The molecule has 10 nitrogen and oxygen atoms in total. The van der Waals surface area contributed by atoms with E-state index in [0.29, 0.717) is 13.1 Å². The number of amides is 3. The number of unbranched alkanes of at least 4 members (excludes halogenated alkanes) is 26. The number of nitrogens with zero attached hydrogens (tertiary/aromatic N) is 2. The van der Waals surface area contributed by atoms with Gasteiger partial charge in [-0.3, -0.25) is 14.4 Å². The van der Waals surface area contributed by atoms with Gasteiger partial charge in [-0.1, -0.05) is 182 Å². The quantitative estimate of drug-likeness (QED) is 0.0353. The van der Waals surface area contributed by atoms with E-state index < -0.39 is 7.14 Å². The maximum Gasteiger partial charge on any atom is 0.220 e. The summed E-state index contributed by atoms with van der Waals surface area (Å²) in [6, 6.07) is 0. The smallest absolute Gasteiger partial charge is 0.220 e. The molecule has 11 heteroatoms. The number of carbonyl (C=O) groups excluding carboxylic acids is 3. The Kier molecular flexibility index (Phi) is 48.8. The van der Waals surface area contributed by atoms with Gasteiger partial charge < -0.3 is 35.4 Å². The van der Waals surface area contributed by atoms with Crippen molar-refractivity contribution in [2.45, 2.75) is 252 Å². The highest BCUT2D eigenvalue weighted by molar-refractivity contribution is 7.64. The molecule has 0 aromatic rings. The fraction of sp³-hybridized carbons (Fsp3) is 0.945. The zero-order valence-electron chi connectivity index (χ0n) is 44.4. The first kappa shape index (κ1) is 64.5. The Morgan fingerprint density at radius 3 is 0.833 bits per heavy atom. The van der Waals surface area contributed by atoms with Crippen LogP contribution in [-0.2, 0) is 18.9 Å². The molecule has 0 saturated heterocycles. The minimum Gasteiger partial charge on any atom is -0.395 e. The van der Waals surface area contributed by atoms with Crippen molar-refractivity contribution in [1.82, 2.24) is 25.8 Å². The zero-order chi connectivity index (χ0) is 48.4. The third kappa shape index (κ3) is 45.0. The molecule has 0 spiro atoms. The number of aliphatic hydroxyl groups excluding tert-OH is 1. The van der Waals surface area contributed by atoms with Crippen LogP contribution in [0.2, 0.25) is 0 Å². The van der Waals surface area contributed by atoms with Crippen LogP contribution in [-0.4, -0.2) is 117 Å². The van der Waals surface area contributed by atoms with Crippen LogP contribution in [0.4, 0.5) is 0 Å². The van der Waals surface area contributed by atoms with Gasteiger partial charge in [0, 0.05) is 57.4 Å². The number of carbonyl (C=O) groups is 3. The first-order valence-corrected chi connectivity index (χ1v) is 30.9. The minimum atomic E-state index is -2.98. The Bertz CT molecular complexity index is 1020. The zero-order valence-corrected chi connectivity index (χ0v) is 45.3. The van der Waals surface area contributed by atoms with Gasteiger partial charge in [-0.15, -0.1) is 0 Å². The summed E-state index contributed by atoms with van der Waals surface area (Å²) < 4.78 is 14.2. The predicted molar refractivity (Wildman–Crippen MR) is 285 cm³/mol. The van der Waals surface area contributed by atoms with Crippen LogP contribution in [0, 0.1) is 0 Å². The Balaban J connectivity index is 4.89. The molecule has 3 amide bonds. The van der Waals surface area contributed by atoms with Crippen LogP contribution in [0.3, 0.4) is 0 Å². The summed E-state index contributed by atoms with van der Waals surface area (Å²) in [7, 11) is -2.98. The van der Waals surface area contributed by atoms with Crippen molar-refractivity contribution in [3.63, 3.8) is 0 Å². The van der Waals surface area contributed by atoms with Gasteiger partial charge in [-0.05, 0) is 90.6 Å². The lowest BCUT2D eigenvalue weighted by molar-refractivity contribution is -0.121. The molecule has 0 radical (unpaired) electrons. The molecular formula is C55H112N5O5P. The molecule has 0 unspecified atom stereocenters. The van der Waals surface area contributed by atoms with E-state index in [1.165, 1.54) is 206 Å². The van der Waals surface area contributed by atoms with Crippen LogP contribution in [0.15, 0.2) is 0 Å². The van der Waals surface area contributed by atoms with E-state index in [2.05, 4.69) is 53.4 Å². The van der Waals surface area contributed by atoms with Crippen molar-refractivity contribution >= 4 is 24.9 Å². The molecule has 0 aliphatic rings. The van der Waals surface area contributed by atoms with Crippen molar-refractivity contribution in [1.29, 1.82) is 0 Å². The SMILES string of the molecule is CCCCCCCCCN(CCCCCCCCC)CCCCNC(=O)CCP(=O)(CCC(=O)NCCO)CCC(=O)NCCCCN(CCCCCCCCC)CCCCCCCCC. The normalized spacial score (nSPS) is 11.8. The summed E-state index contributed by atoms with van der Waals surface area (Å²) in [6.07, 6.45) is 41.9. The van der Waals surface area contributed by atoms with Crippen LogP contribution < -0.4 is 16.0 Å². The Morgan fingerprint density at radius 1 is 0.348 bits per heavy atom. The van der Waals surface area contributed by atoms with Gasteiger partial charge in [0.1, 0.15) is 0 Å². The van der Waals surface area contributed by atoms with E-state index >= 15 is 0 Å². The molecule has 0 saturated carbocycles. The van der Waals surface area contributed by atoms with Crippen LogP contribution in [0.1, 0.15) is 252 Å². The van der Waals surface area contributed by atoms with Gasteiger partial charge in [-0.25, -0.2) is 0 Å². The number of hydrogen-bond donors (Lipinski definition) is 4. The largest absolute Gasteiger partial charge is 0.395 e. The van der Waals surface area contributed by atoms with Gasteiger partial charge in [0.2, 0.25) is 17.7 Å². The number of aliphatic hydroxyl groups is 1. The second-order valence-electron chi connectivity index (χ2n) is 19.8. The average molecular weight is 955 g/mol. The second kappa shape index (κ2) is 49.9. The van der Waals surface area contributed by atoms with Crippen molar-refractivity contribution in [3.8, 4) is 0 Å². The summed E-state index contributed by atoms with van der Waals surface area (Å²) in [5.74, 6) is -0.486. The summed E-state index contributed by atoms with van der Waals surface area (Å²) in [6.45, 7) is 17.1. The van der Waals surface area contributed by atoms with Gasteiger partial charge >= 0.3 is 0 Å². The molecule has 0 atom stereocenters. The third-order valence-electron chi connectivity index (χ3n) is 13.4. The summed E-state index contributed by atoms with van der Waals surface area (Å²) in [4.78, 5) is 43.7. The number of hydrogen-bond acceptors (Lipinski definition) is 7. The van der Waals surface area contributed by atoms with Crippen molar-refractivity contribution < 1.29 is 24.1 Å². The Labute approximate surface area is 409 Å². The highest BCUT2D eigenvalue weighted by atomic mass is 31.2. The fourth-order valence-electron chi connectivity index (χ4n) is 8.93. The lowest BCUT2D eigenvalue weighted by Crippen LogP contribution is -2.30. The van der Waals surface area contributed by atoms with Crippen LogP contribution in [0.25, 0.3) is 0 Å². The molecule has 66 heavy (non-hydrogen) atoms. The molecule has 0 fully saturated rings. The van der Waals surface area contributed by atoms with Crippen molar-refractivity contribution in [2.75, 3.05) is 84.0 Å². The highest BCUT2D eigenvalue weighted by Crippen LogP contribution is 2.47. The lowest BCUT2D eigenvalue weighted by atomic mass is 10.1. The monoisotopic (exact) mass is 954 g/mol. The lowest BCUT2D eigenvalue weighted by Gasteiger charge is -2.22. The first-order valence-electron chi connectivity index (χ1n) is 28.7. The molecule has 0 aliphatic heterocycles. The molecule has 0 rings (SSSR count). The summed E-state index contributed by atoms with van der Waals surface area (Å²) >= 11 is 0. The van der Waals surface area contributed by atoms with E-state index in [-0.39, 0.29) is 68.6 Å². The molecule has 0 heterocycles. The van der Waals surface area contributed by atoms with Crippen molar-refractivity contribution in [3.05, 3.63) is 0 Å². The first-order chi connectivity index (χ1) is 32.2.